The number of ether oxygens (including phenoxy) is 1. The molecule has 1 saturated heterocycles. The van der Waals surface area contributed by atoms with Crippen LogP contribution < -0.4 is 10.6 Å². The van der Waals surface area contributed by atoms with Gasteiger partial charge in [0.05, 0.1) is 23.0 Å². The highest BCUT2D eigenvalue weighted by Crippen LogP contribution is 2.24. The van der Waals surface area contributed by atoms with Gasteiger partial charge in [0.25, 0.3) is 5.69 Å². The molecule has 0 spiro atoms. The summed E-state index contributed by atoms with van der Waals surface area (Å²) in [4.78, 5) is 22.6. The van der Waals surface area contributed by atoms with E-state index in [9.17, 15) is 23.3 Å². The van der Waals surface area contributed by atoms with Crippen molar-refractivity contribution in [2.45, 2.75) is 4.90 Å². The molecule has 2 aromatic rings. The van der Waals surface area contributed by atoms with Gasteiger partial charge in [-0.05, 0) is 30.3 Å². The maximum Gasteiger partial charge on any atom is 0.323 e. The van der Waals surface area contributed by atoms with Crippen LogP contribution in [-0.2, 0) is 14.8 Å². The SMILES string of the molecule is O=C(Nc1ccc(S(=O)(=O)N2CCOCC2)cc1)Nc1ccccc1[N+](=O)[O-]. The van der Waals surface area contributed by atoms with Gasteiger partial charge < -0.3 is 15.4 Å². The van der Waals surface area contributed by atoms with Gasteiger partial charge in [-0.2, -0.15) is 4.31 Å². The zero-order chi connectivity index (χ0) is 20.1. The molecule has 0 bridgehead atoms. The van der Waals surface area contributed by atoms with Gasteiger partial charge in [0.15, 0.2) is 0 Å². The number of nitro benzene ring substituents is 1. The molecular formula is C17H18N4O6S. The van der Waals surface area contributed by atoms with Gasteiger partial charge in [-0.1, -0.05) is 12.1 Å². The van der Waals surface area contributed by atoms with Gasteiger partial charge in [0.2, 0.25) is 10.0 Å². The molecule has 1 fully saturated rings. The molecule has 1 aliphatic heterocycles. The molecule has 2 aromatic carbocycles. The fourth-order valence-corrected chi connectivity index (χ4v) is 4.08. The second kappa shape index (κ2) is 8.33. The lowest BCUT2D eigenvalue weighted by Gasteiger charge is -2.26. The summed E-state index contributed by atoms with van der Waals surface area (Å²) >= 11 is 0. The number of nitrogens with one attached hydrogen (secondary N) is 2. The van der Waals surface area contributed by atoms with E-state index in [-0.39, 0.29) is 16.3 Å². The zero-order valence-corrected chi connectivity index (χ0v) is 15.5. The number of amides is 2. The van der Waals surface area contributed by atoms with Crippen molar-refractivity contribution < 1.29 is 22.9 Å². The second-order valence-corrected chi connectivity index (χ2v) is 7.83. The van der Waals surface area contributed by atoms with Crippen molar-refractivity contribution in [2.75, 3.05) is 36.9 Å². The maximum absolute atomic E-state index is 12.6. The van der Waals surface area contributed by atoms with Crippen LogP contribution in [0.1, 0.15) is 0 Å². The first-order valence-electron chi connectivity index (χ1n) is 8.37. The molecule has 2 N–H and O–H groups in total. The predicted octanol–water partition coefficient (Wildman–Crippen LogP) is 2.26. The van der Waals surface area contributed by atoms with Crippen LogP contribution in [0.2, 0.25) is 0 Å². The van der Waals surface area contributed by atoms with Crippen LogP contribution >= 0.6 is 0 Å². The Morgan fingerprint density at radius 1 is 1.04 bits per heavy atom. The van der Waals surface area contributed by atoms with E-state index in [2.05, 4.69) is 10.6 Å². The maximum atomic E-state index is 12.6. The first-order valence-corrected chi connectivity index (χ1v) is 9.81. The number of sulfonamides is 1. The molecular weight excluding hydrogens is 388 g/mol. The molecule has 0 atom stereocenters. The lowest BCUT2D eigenvalue weighted by Crippen LogP contribution is -2.40. The van der Waals surface area contributed by atoms with Gasteiger partial charge in [-0.3, -0.25) is 10.1 Å². The minimum absolute atomic E-state index is 0.0523. The van der Waals surface area contributed by atoms with Crippen molar-refractivity contribution in [1.82, 2.24) is 4.31 Å². The average Bonchev–Trinajstić information content (AvgIpc) is 2.69. The molecule has 0 aromatic heterocycles. The molecule has 11 heteroatoms. The van der Waals surface area contributed by atoms with Crippen LogP contribution in [0.15, 0.2) is 53.4 Å². The lowest BCUT2D eigenvalue weighted by atomic mass is 10.2. The van der Waals surface area contributed by atoms with Crippen LogP contribution in [0.5, 0.6) is 0 Å². The van der Waals surface area contributed by atoms with Gasteiger partial charge in [0, 0.05) is 24.8 Å². The Morgan fingerprint density at radius 3 is 2.32 bits per heavy atom. The number of anilines is 2. The molecule has 28 heavy (non-hydrogen) atoms. The second-order valence-electron chi connectivity index (χ2n) is 5.89. The van der Waals surface area contributed by atoms with Gasteiger partial charge in [-0.15, -0.1) is 0 Å². The van der Waals surface area contributed by atoms with Gasteiger partial charge in [0.1, 0.15) is 5.69 Å². The smallest absolute Gasteiger partial charge is 0.323 e. The zero-order valence-electron chi connectivity index (χ0n) is 14.7. The number of nitro groups is 1. The van der Waals surface area contributed by atoms with Crippen LogP contribution in [0.25, 0.3) is 0 Å². The summed E-state index contributed by atoms with van der Waals surface area (Å²) in [6, 6.07) is 10.8. The monoisotopic (exact) mass is 406 g/mol. The summed E-state index contributed by atoms with van der Waals surface area (Å²) < 4.78 is 31.7. The molecule has 1 aliphatic rings. The number of nitrogens with zero attached hydrogens (tertiary/aromatic N) is 2. The Kier molecular flexibility index (Phi) is 5.87. The Balaban J connectivity index is 1.67. The number of morpholine rings is 1. The van der Waals surface area contributed by atoms with Crippen LogP contribution in [0.3, 0.4) is 0 Å². The standard InChI is InChI=1S/C17H18N4O6S/c22-17(19-15-3-1-2-4-16(15)21(23)24)18-13-5-7-14(8-6-13)28(25,26)20-9-11-27-12-10-20/h1-8H,9-12H2,(H2,18,19,22). The topological polar surface area (TPSA) is 131 Å². The highest BCUT2D eigenvalue weighted by atomic mass is 32.2. The lowest BCUT2D eigenvalue weighted by molar-refractivity contribution is -0.383. The Bertz CT molecular complexity index is 971. The van der Waals surface area contributed by atoms with Crippen molar-refractivity contribution in [3.8, 4) is 0 Å². The third-order valence-electron chi connectivity index (χ3n) is 4.07. The van der Waals surface area contributed by atoms with Crippen LogP contribution in [0.4, 0.5) is 21.9 Å². The minimum atomic E-state index is -3.62. The number of carbonyl (C=O) groups excluding carboxylic acids is 1. The number of hydrogen-bond donors (Lipinski definition) is 2. The van der Waals surface area contributed by atoms with Gasteiger partial charge >= 0.3 is 6.03 Å². The summed E-state index contributed by atoms with van der Waals surface area (Å²) in [5.74, 6) is 0. The minimum Gasteiger partial charge on any atom is -0.379 e. The molecule has 1 heterocycles. The number of urea groups is 1. The highest BCUT2D eigenvalue weighted by Gasteiger charge is 2.26. The summed E-state index contributed by atoms with van der Waals surface area (Å²) in [7, 11) is -3.62. The quantitative estimate of drug-likeness (QED) is 0.578. The Morgan fingerprint density at radius 2 is 1.68 bits per heavy atom. The van der Waals surface area contributed by atoms with Crippen molar-refractivity contribution in [3.05, 3.63) is 58.6 Å². The summed E-state index contributed by atoms with van der Waals surface area (Å²) in [5, 5.41) is 15.9. The van der Waals surface area contributed by atoms with E-state index in [4.69, 9.17) is 4.74 Å². The van der Waals surface area contributed by atoms with Crippen molar-refractivity contribution in [1.29, 1.82) is 0 Å². The molecule has 3 rings (SSSR count). The van der Waals surface area contributed by atoms with E-state index in [1.165, 1.54) is 46.8 Å². The third kappa shape index (κ3) is 4.44. The largest absolute Gasteiger partial charge is 0.379 e. The fraction of sp³-hybridized carbons (Fsp3) is 0.235. The highest BCUT2D eigenvalue weighted by molar-refractivity contribution is 7.89. The molecule has 0 aliphatic carbocycles. The Hall–Kier alpha value is -3.02. The number of benzene rings is 2. The predicted molar refractivity (Wildman–Crippen MR) is 102 cm³/mol. The summed E-state index contributed by atoms with van der Waals surface area (Å²) in [6.07, 6.45) is 0. The van der Waals surface area contributed by atoms with Gasteiger partial charge in [-0.25, -0.2) is 13.2 Å². The van der Waals surface area contributed by atoms with Crippen molar-refractivity contribution in [3.63, 3.8) is 0 Å². The molecule has 0 radical (unpaired) electrons. The normalized spacial score (nSPS) is 15.0. The first kappa shape index (κ1) is 19.7. The van der Waals surface area contributed by atoms with Crippen LogP contribution in [-0.4, -0.2) is 50.0 Å². The number of hydrogen-bond acceptors (Lipinski definition) is 6. The average molecular weight is 406 g/mol. The Labute approximate surface area is 161 Å². The first-order chi connectivity index (χ1) is 13.4. The molecule has 0 unspecified atom stereocenters. The van der Waals surface area contributed by atoms with Crippen molar-refractivity contribution >= 4 is 33.1 Å². The van der Waals surface area contributed by atoms with E-state index in [0.29, 0.717) is 32.0 Å². The molecule has 0 saturated carbocycles. The molecule has 148 valence electrons. The van der Waals surface area contributed by atoms with E-state index in [1.807, 2.05) is 0 Å². The fourth-order valence-electron chi connectivity index (χ4n) is 2.67. The number of carbonyl (C=O) groups is 1. The summed E-state index contributed by atoms with van der Waals surface area (Å²) in [5.41, 5.74) is 0.165. The van der Waals surface area contributed by atoms with E-state index in [1.54, 1.807) is 6.07 Å². The number of para-hydroxylation sites is 2. The molecule has 10 nitrogen and oxygen atoms in total. The van der Waals surface area contributed by atoms with E-state index >= 15 is 0 Å². The van der Waals surface area contributed by atoms with E-state index in [0.717, 1.165) is 0 Å². The van der Waals surface area contributed by atoms with Crippen molar-refractivity contribution in [2.24, 2.45) is 0 Å². The molecule has 2 amide bonds. The number of rotatable bonds is 5. The summed E-state index contributed by atoms with van der Waals surface area (Å²) in [6.45, 7) is 1.29. The van der Waals surface area contributed by atoms with E-state index < -0.39 is 21.0 Å². The van der Waals surface area contributed by atoms with Crippen LogP contribution in [0, 0.1) is 10.1 Å². The third-order valence-corrected chi connectivity index (χ3v) is 5.98.